The number of carbonyl (C=O) groups excluding carboxylic acids is 1. The van der Waals surface area contributed by atoms with Crippen LogP contribution in [0.5, 0.6) is 0 Å². The van der Waals surface area contributed by atoms with Crippen molar-refractivity contribution in [3.05, 3.63) is 35.4 Å². The number of carbonyl (C=O) groups is 2. The molecular formula is C16H22N2O3. The Hall–Kier alpha value is -2.04. The number of carboxylic acid groups (broad SMARTS) is 1. The molecular weight excluding hydrogens is 268 g/mol. The number of nitrogens with zero attached hydrogens (tertiary/aromatic N) is 1. The summed E-state index contributed by atoms with van der Waals surface area (Å²) in [4.78, 5) is 25.1. The number of aryl methyl sites for hydroxylation is 1. The second kappa shape index (κ2) is 5.76. The molecule has 114 valence electrons. The Kier molecular flexibility index (Phi) is 4.21. The first-order valence-corrected chi connectivity index (χ1v) is 7.18. The van der Waals surface area contributed by atoms with Crippen LogP contribution < -0.4 is 5.32 Å². The molecule has 0 spiro atoms. The summed E-state index contributed by atoms with van der Waals surface area (Å²) in [6.07, 6.45) is 0.495. The largest absolute Gasteiger partial charge is 0.481 e. The van der Waals surface area contributed by atoms with Crippen molar-refractivity contribution in [2.24, 2.45) is 5.41 Å². The van der Waals surface area contributed by atoms with E-state index in [4.69, 9.17) is 0 Å². The molecule has 2 rings (SSSR count). The Balaban J connectivity index is 2.00. The molecule has 1 aliphatic heterocycles. The van der Waals surface area contributed by atoms with Gasteiger partial charge >= 0.3 is 12.0 Å². The second-order valence-corrected chi connectivity index (χ2v) is 6.07. The van der Waals surface area contributed by atoms with Gasteiger partial charge in [0, 0.05) is 13.1 Å². The van der Waals surface area contributed by atoms with Gasteiger partial charge in [0.15, 0.2) is 0 Å². The van der Waals surface area contributed by atoms with Crippen LogP contribution in [0.1, 0.15) is 37.4 Å². The quantitative estimate of drug-likeness (QED) is 0.899. The highest BCUT2D eigenvalue weighted by Gasteiger charge is 2.42. The van der Waals surface area contributed by atoms with E-state index in [-0.39, 0.29) is 18.6 Å². The van der Waals surface area contributed by atoms with Gasteiger partial charge in [-0.15, -0.1) is 0 Å². The van der Waals surface area contributed by atoms with Crippen LogP contribution in [0, 0.1) is 12.3 Å². The number of aliphatic carboxylic acids is 1. The maximum Gasteiger partial charge on any atom is 0.317 e. The topological polar surface area (TPSA) is 69.6 Å². The number of urea groups is 1. The number of carboxylic acids is 1. The molecule has 1 saturated heterocycles. The molecule has 1 aromatic rings. The normalized spacial score (nSPS) is 22.9. The van der Waals surface area contributed by atoms with E-state index < -0.39 is 11.4 Å². The van der Waals surface area contributed by atoms with Crippen molar-refractivity contribution in [2.45, 2.75) is 33.2 Å². The van der Waals surface area contributed by atoms with Gasteiger partial charge in [-0.3, -0.25) is 4.79 Å². The van der Waals surface area contributed by atoms with Crippen LogP contribution in [0.3, 0.4) is 0 Å². The van der Waals surface area contributed by atoms with Gasteiger partial charge in [-0.25, -0.2) is 4.79 Å². The van der Waals surface area contributed by atoms with E-state index in [1.807, 2.05) is 38.1 Å². The molecule has 1 heterocycles. The van der Waals surface area contributed by atoms with Gasteiger partial charge in [-0.1, -0.05) is 24.3 Å². The molecule has 21 heavy (non-hydrogen) atoms. The number of hydrogen-bond donors (Lipinski definition) is 2. The Bertz CT molecular complexity index is 558. The van der Waals surface area contributed by atoms with Crippen molar-refractivity contribution >= 4 is 12.0 Å². The Morgan fingerprint density at radius 3 is 2.62 bits per heavy atom. The molecule has 0 aromatic heterocycles. The van der Waals surface area contributed by atoms with Gasteiger partial charge in [0.2, 0.25) is 0 Å². The maximum absolute atomic E-state index is 12.3. The third-order valence-electron chi connectivity index (χ3n) is 4.27. The maximum atomic E-state index is 12.3. The molecule has 1 fully saturated rings. The molecule has 1 aromatic carbocycles. The molecule has 0 aliphatic carbocycles. The average Bonchev–Trinajstić information content (AvgIpc) is 2.83. The fourth-order valence-electron chi connectivity index (χ4n) is 2.74. The first-order valence-electron chi connectivity index (χ1n) is 7.18. The van der Waals surface area contributed by atoms with Crippen LogP contribution in [0.4, 0.5) is 4.79 Å². The Labute approximate surface area is 125 Å². The molecule has 2 unspecified atom stereocenters. The summed E-state index contributed by atoms with van der Waals surface area (Å²) in [5, 5.41) is 12.2. The lowest BCUT2D eigenvalue weighted by molar-refractivity contribution is -0.146. The minimum Gasteiger partial charge on any atom is -0.481 e. The molecule has 2 amide bonds. The molecule has 0 saturated carbocycles. The lowest BCUT2D eigenvalue weighted by Crippen LogP contribution is -2.41. The van der Waals surface area contributed by atoms with Crippen molar-refractivity contribution in [2.75, 3.05) is 13.1 Å². The molecule has 0 bridgehead atoms. The molecule has 1 aliphatic rings. The van der Waals surface area contributed by atoms with Crippen LogP contribution in [-0.4, -0.2) is 35.1 Å². The summed E-state index contributed by atoms with van der Waals surface area (Å²) >= 11 is 0. The van der Waals surface area contributed by atoms with Crippen molar-refractivity contribution in [3.8, 4) is 0 Å². The summed E-state index contributed by atoms with van der Waals surface area (Å²) in [6.45, 7) is 6.37. The van der Waals surface area contributed by atoms with E-state index in [1.165, 1.54) is 0 Å². The minimum absolute atomic E-state index is 0.101. The predicted molar refractivity (Wildman–Crippen MR) is 80.1 cm³/mol. The standard InChI is InChI=1S/C16H22N2O3/c1-11-6-4-5-7-13(11)12(2)17-15(21)18-9-8-16(3,10-18)14(19)20/h4-7,12H,8-10H2,1-3H3,(H,17,21)(H,19,20). The lowest BCUT2D eigenvalue weighted by atomic mass is 9.90. The van der Waals surface area contributed by atoms with Crippen LogP contribution in [0.2, 0.25) is 0 Å². The second-order valence-electron chi connectivity index (χ2n) is 6.07. The lowest BCUT2D eigenvalue weighted by Gasteiger charge is -2.23. The van der Waals surface area contributed by atoms with Crippen molar-refractivity contribution in [1.29, 1.82) is 0 Å². The molecule has 5 nitrogen and oxygen atoms in total. The van der Waals surface area contributed by atoms with Crippen molar-refractivity contribution < 1.29 is 14.7 Å². The van der Waals surface area contributed by atoms with Crippen LogP contribution in [-0.2, 0) is 4.79 Å². The first kappa shape index (κ1) is 15.4. The van der Waals surface area contributed by atoms with E-state index in [0.29, 0.717) is 13.0 Å². The third kappa shape index (κ3) is 3.17. The summed E-state index contributed by atoms with van der Waals surface area (Å²) in [7, 11) is 0. The monoisotopic (exact) mass is 290 g/mol. The minimum atomic E-state index is -0.843. The Morgan fingerprint density at radius 1 is 1.38 bits per heavy atom. The van der Waals surface area contributed by atoms with Crippen molar-refractivity contribution in [1.82, 2.24) is 10.2 Å². The van der Waals surface area contributed by atoms with Crippen molar-refractivity contribution in [3.63, 3.8) is 0 Å². The summed E-state index contributed by atoms with van der Waals surface area (Å²) < 4.78 is 0. The predicted octanol–water partition coefficient (Wildman–Crippen LogP) is 2.56. The zero-order valence-electron chi connectivity index (χ0n) is 12.7. The smallest absolute Gasteiger partial charge is 0.317 e. The van der Waals surface area contributed by atoms with Gasteiger partial charge in [0.05, 0.1) is 11.5 Å². The SMILES string of the molecule is Cc1ccccc1C(C)NC(=O)N1CCC(C)(C(=O)O)C1. The summed E-state index contributed by atoms with van der Waals surface area (Å²) in [5.41, 5.74) is 1.37. The number of likely N-dealkylation sites (tertiary alicyclic amines) is 1. The van der Waals surface area contributed by atoms with E-state index in [9.17, 15) is 14.7 Å². The first-order chi connectivity index (χ1) is 9.83. The summed E-state index contributed by atoms with van der Waals surface area (Å²) in [5.74, 6) is -0.843. The zero-order chi connectivity index (χ0) is 15.6. The molecule has 2 N–H and O–H groups in total. The number of amides is 2. The highest BCUT2D eigenvalue weighted by molar-refractivity contribution is 5.79. The van der Waals surface area contributed by atoms with Gasteiger partial charge < -0.3 is 15.3 Å². The molecule has 2 atom stereocenters. The van der Waals surface area contributed by atoms with E-state index in [0.717, 1.165) is 11.1 Å². The van der Waals surface area contributed by atoms with Gasteiger partial charge in [-0.2, -0.15) is 0 Å². The van der Waals surface area contributed by atoms with Crippen LogP contribution >= 0.6 is 0 Å². The average molecular weight is 290 g/mol. The van der Waals surface area contributed by atoms with Crippen LogP contribution in [0.25, 0.3) is 0 Å². The zero-order valence-corrected chi connectivity index (χ0v) is 12.7. The number of nitrogens with one attached hydrogen (secondary N) is 1. The summed E-state index contributed by atoms with van der Waals surface area (Å²) in [6, 6.07) is 7.61. The Morgan fingerprint density at radius 2 is 2.05 bits per heavy atom. The fraction of sp³-hybridized carbons (Fsp3) is 0.500. The molecule has 0 radical (unpaired) electrons. The highest BCUT2D eigenvalue weighted by Crippen LogP contribution is 2.30. The van der Waals surface area contributed by atoms with Gasteiger partial charge in [0.1, 0.15) is 0 Å². The van der Waals surface area contributed by atoms with Gasteiger partial charge in [0.25, 0.3) is 0 Å². The van der Waals surface area contributed by atoms with E-state index in [2.05, 4.69) is 5.32 Å². The number of hydrogen-bond acceptors (Lipinski definition) is 2. The van der Waals surface area contributed by atoms with E-state index >= 15 is 0 Å². The molecule has 5 heteroatoms. The highest BCUT2D eigenvalue weighted by atomic mass is 16.4. The van der Waals surface area contributed by atoms with Crippen LogP contribution in [0.15, 0.2) is 24.3 Å². The van der Waals surface area contributed by atoms with Gasteiger partial charge in [-0.05, 0) is 38.3 Å². The number of rotatable bonds is 3. The third-order valence-corrected chi connectivity index (χ3v) is 4.27. The fourth-order valence-corrected chi connectivity index (χ4v) is 2.74. The van der Waals surface area contributed by atoms with E-state index in [1.54, 1.807) is 11.8 Å². The number of benzene rings is 1.